The molecule has 2 bridgehead atoms. The monoisotopic (exact) mass is 276 g/mol. The Hall–Kier alpha value is -1.26. The highest BCUT2D eigenvalue weighted by atomic mass is 16.3. The molecule has 1 saturated carbocycles. The number of hydrogen-bond acceptors (Lipinski definition) is 4. The largest absolute Gasteiger partial charge is 0.382 e. The summed E-state index contributed by atoms with van der Waals surface area (Å²) in [6.45, 7) is 6.44. The van der Waals surface area contributed by atoms with Crippen molar-refractivity contribution in [1.82, 2.24) is 0 Å². The molecule has 0 saturated heterocycles. The first-order valence-electron chi connectivity index (χ1n) is 6.97. The third-order valence-corrected chi connectivity index (χ3v) is 5.61. The molecular formula is C16H20O4. The molecule has 0 aromatic heterocycles. The molecule has 1 fully saturated rings. The number of carbonyl (C=O) groups excluding carboxylic acids is 2. The predicted octanol–water partition coefficient (Wildman–Crippen LogP) is 1.02. The Morgan fingerprint density at radius 1 is 1.05 bits per heavy atom. The van der Waals surface area contributed by atoms with Gasteiger partial charge in [-0.3, -0.25) is 9.59 Å². The second-order valence-electron chi connectivity index (χ2n) is 7.02. The van der Waals surface area contributed by atoms with Gasteiger partial charge >= 0.3 is 0 Å². The van der Waals surface area contributed by atoms with Gasteiger partial charge in [0.25, 0.3) is 0 Å². The predicted molar refractivity (Wildman–Crippen MR) is 72.7 cm³/mol. The second-order valence-corrected chi connectivity index (χ2v) is 7.02. The summed E-state index contributed by atoms with van der Waals surface area (Å²) < 4.78 is 0. The summed E-state index contributed by atoms with van der Waals surface area (Å²) in [5, 5.41) is 21.3. The SMILES string of the molecule is CC1=CC2C(C3C=C[C@]2(C)C(=O)C3(C)O)[C@](C)(O)C1=O. The molecule has 20 heavy (non-hydrogen) atoms. The average molecular weight is 276 g/mol. The molecule has 4 aliphatic rings. The second kappa shape index (κ2) is 3.49. The number of carbonyl (C=O) groups is 2. The quantitative estimate of drug-likeness (QED) is 0.648. The van der Waals surface area contributed by atoms with E-state index >= 15 is 0 Å². The fourth-order valence-corrected chi connectivity index (χ4v) is 4.46. The maximum atomic E-state index is 12.6. The zero-order valence-electron chi connectivity index (χ0n) is 12.2. The van der Waals surface area contributed by atoms with Crippen LogP contribution in [0.25, 0.3) is 0 Å². The molecule has 0 heterocycles. The van der Waals surface area contributed by atoms with E-state index in [1.165, 1.54) is 13.8 Å². The van der Waals surface area contributed by atoms with Crippen molar-refractivity contribution in [3.8, 4) is 0 Å². The summed E-state index contributed by atoms with van der Waals surface area (Å²) >= 11 is 0. The molecule has 0 radical (unpaired) electrons. The van der Waals surface area contributed by atoms with Crippen molar-refractivity contribution in [1.29, 1.82) is 0 Å². The van der Waals surface area contributed by atoms with Gasteiger partial charge in [0, 0.05) is 17.8 Å². The number of hydrogen-bond donors (Lipinski definition) is 2. The molecule has 4 aliphatic carbocycles. The van der Waals surface area contributed by atoms with Crippen LogP contribution in [0.5, 0.6) is 0 Å². The first kappa shape index (κ1) is 13.7. The van der Waals surface area contributed by atoms with Gasteiger partial charge in [0.2, 0.25) is 0 Å². The highest BCUT2D eigenvalue weighted by molar-refractivity contribution is 6.04. The van der Waals surface area contributed by atoms with Gasteiger partial charge in [0.05, 0.1) is 5.41 Å². The molecule has 4 unspecified atom stereocenters. The Balaban J connectivity index is 2.27. The van der Waals surface area contributed by atoms with Crippen molar-refractivity contribution in [3.05, 3.63) is 23.8 Å². The van der Waals surface area contributed by atoms with Gasteiger partial charge in [-0.15, -0.1) is 0 Å². The lowest BCUT2D eigenvalue weighted by Crippen LogP contribution is -2.69. The molecule has 2 N–H and O–H groups in total. The van der Waals surface area contributed by atoms with E-state index < -0.39 is 28.5 Å². The van der Waals surface area contributed by atoms with Crippen LogP contribution in [0.2, 0.25) is 0 Å². The minimum absolute atomic E-state index is 0.229. The third kappa shape index (κ3) is 1.29. The Morgan fingerprint density at radius 3 is 2.25 bits per heavy atom. The van der Waals surface area contributed by atoms with Crippen LogP contribution >= 0.6 is 0 Å². The number of aliphatic hydroxyl groups is 2. The summed E-state index contributed by atoms with van der Waals surface area (Å²) in [6.07, 6.45) is 5.42. The van der Waals surface area contributed by atoms with Gasteiger partial charge in [-0.2, -0.15) is 0 Å². The summed E-state index contributed by atoms with van der Waals surface area (Å²) in [5.41, 5.74) is -3.46. The van der Waals surface area contributed by atoms with E-state index in [0.29, 0.717) is 5.57 Å². The highest BCUT2D eigenvalue weighted by Crippen LogP contribution is 2.59. The van der Waals surface area contributed by atoms with Crippen molar-refractivity contribution in [2.24, 2.45) is 23.2 Å². The highest BCUT2D eigenvalue weighted by Gasteiger charge is 2.67. The molecule has 0 amide bonds. The number of allylic oxidation sites excluding steroid dienone is 2. The van der Waals surface area contributed by atoms with Crippen LogP contribution in [-0.4, -0.2) is 33.0 Å². The first-order valence-corrected chi connectivity index (χ1v) is 6.97. The molecule has 0 aliphatic heterocycles. The van der Waals surface area contributed by atoms with E-state index in [9.17, 15) is 19.8 Å². The Morgan fingerprint density at radius 2 is 1.65 bits per heavy atom. The number of rotatable bonds is 0. The van der Waals surface area contributed by atoms with E-state index in [4.69, 9.17) is 0 Å². The minimum atomic E-state index is -1.55. The molecular weight excluding hydrogens is 256 g/mol. The lowest BCUT2D eigenvalue weighted by molar-refractivity contribution is -0.185. The number of fused-ring (bicyclic) bond motifs is 1. The van der Waals surface area contributed by atoms with Gasteiger partial charge in [0.1, 0.15) is 11.2 Å². The molecule has 0 aromatic rings. The summed E-state index contributed by atoms with van der Waals surface area (Å²) in [5.74, 6) is -1.80. The zero-order chi connectivity index (χ0) is 15.1. The molecule has 4 nitrogen and oxygen atoms in total. The molecule has 108 valence electrons. The van der Waals surface area contributed by atoms with Crippen LogP contribution in [0.3, 0.4) is 0 Å². The zero-order valence-corrected chi connectivity index (χ0v) is 12.2. The van der Waals surface area contributed by atoms with Gasteiger partial charge in [-0.25, -0.2) is 0 Å². The van der Waals surface area contributed by atoms with Crippen molar-refractivity contribution in [2.75, 3.05) is 0 Å². The fraction of sp³-hybridized carbons (Fsp3) is 0.625. The van der Waals surface area contributed by atoms with Crippen molar-refractivity contribution < 1.29 is 19.8 Å². The van der Waals surface area contributed by atoms with Crippen molar-refractivity contribution in [2.45, 2.75) is 38.9 Å². The normalized spacial score (nSPS) is 53.9. The van der Waals surface area contributed by atoms with E-state index in [2.05, 4.69) is 0 Å². The standard InChI is InChI=1S/C16H20O4/c1-8-7-10-11(16(4,20)12(8)17)9-5-6-14(10,2)13(18)15(9,3)19/h5-7,9-11,19-20H,1-4H3/t9?,10?,11?,14-,15?,16-/m0/s1. The first-order chi connectivity index (χ1) is 9.04. The summed E-state index contributed by atoms with van der Waals surface area (Å²) in [7, 11) is 0. The van der Waals surface area contributed by atoms with E-state index in [-0.39, 0.29) is 17.5 Å². The molecule has 0 aromatic carbocycles. The van der Waals surface area contributed by atoms with Crippen LogP contribution in [-0.2, 0) is 9.59 Å². The average Bonchev–Trinajstić information content (AvgIpc) is 2.35. The van der Waals surface area contributed by atoms with Crippen LogP contribution in [0.1, 0.15) is 27.7 Å². The summed E-state index contributed by atoms with van der Waals surface area (Å²) in [4.78, 5) is 24.9. The molecule has 0 spiro atoms. The smallest absolute Gasteiger partial charge is 0.189 e. The number of Topliss-reactive ketones (excluding diaryl/α,β-unsaturated/α-hetero) is 2. The lowest BCUT2D eigenvalue weighted by atomic mass is 9.44. The van der Waals surface area contributed by atoms with Crippen LogP contribution in [0, 0.1) is 23.2 Å². The maximum absolute atomic E-state index is 12.6. The fourth-order valence-electron chi connectivity index (χ4n) is 4.46. The Labute approximate surface area is 118 Å². The van der Waals surface area contributed by atoms with Gasteiger partial charge in [-0.1, -0.05) is 18.2 Å². The van der Waals surface area contributed by atoms with E-state index in [0.717, 1.165) is 0 Å². The molecule has 4 rings (SSSR count). The lowest BCUT2D eigenvalue weighted by Gasteiger charge is -2.59. The van der Waals surface area contributed by atoms with Crippen molar-refractivity contribution in [3.63, 3.8) is 0 Å². The van der Waals surface area contributed by atoms with Gasteiger partial charge in [-0.05, 0) is 33.3 Å². The maximum Gasteiger partial charge on any atom is 0.189 e. The Kier molecular flexibility index (Phi) is 2.39. The Bertz CT molecular complexity index is 581. The minimum Gasteiger partial charge on any atom is -0.382 e. The molecule has 6 atom stereocenters. The van der Waals surface area contributed by atoms with E-state index in [1.807, 2.05) is 6.08 Å². The van der Waals surface area contributed by atoms with Crippen molar-refractivity contribution >= 4 is 11.6 Å². The van der Waals surface area contributed by atoms with Gasteiger partial charge < -0.3 is 10.2 Å². The number of ketones is 2. The van der Waals surface area contributed by atoms with Crippen LogP contribution in [0.4, 0.5) is 0 Å². The molecule has 4 heteroatoms. The third-order valence-electron chi connectivity index (χ3n) is 5.61. The van der Waals surface area contributed by atoms with Crippen LogP contribution < -0.4 is 0 Å². The van der Waals surface area contributed by atoms with E-state index in [1.54, 1.807) is 26.0 Å². The summed E-state index contributed by atoms with van der Waals surface area (Å²) in [6, 6.07) is 0. The topological polar surface area (TPSA) is 74.6 Å². The van der Waals surface area contributed by atoms with Gasteiger partial charge in [0.15, 0.2) is 11.6 Å². The van der Waals surface area contributed by atoms with Crippen LogP contribution in [0.15, 0.2) is 23.8 Å².